The molecule has 4 rings (SSSR count). The lowest BCUT2D eigenvalue weighted by Gasteiger charge is -2.33. The molecule has 0 aliphatic rings. The van der Waals surface area contributed by atoms with E-state index in [4.69, 9.17) is 0 Å². The van der Waals surface area contributed by atoms with Gasteiger partial charge in [0.15, 0.2) is 5.82 Å². The van der Waals surface area contributed by atoms with Crippen LogP contribution in [0, 0.1) is 13.8 Å². The molecule has 2 aromatic carbocycles. The van der Waals surface area contributed by atoms with Crippen LogP contribution in [0.2, 0.25) is 0 Å². The Morgan fingerprint density at radius 3 is 2.49 bits per heavy atom. The Kier molecular flexibility index (Phi) is 7.17. The molecule has 0 saturated carbocycles. The lowest BCUT2D eigenvalue weighted by Crippen LogP contribution is -2.36. The van der Waals surface area contributed by atoms with Gasteiger partial charge in [-0.15, -0.1) is 5.10 Å². The van der Waals surface area contributed by atoms with Crippen LogP contribution in [0.5, 0.6) is 0 Å². The van der Waals surface area contributed by atoms with Gasteiger partial charge in [-0.2, -0.15) is 0 Å². The minimum Gasteiger partial charge on any atom is -0.321 e. The number of benzene rings is 2. The number of tetrazole rings is 1. The van der Waals surface area contributed by atoms with Crippen molar-refractivity contribution in [2.75, 3.05) is 0 Å². The van der Waals surface area contributed by atoms with Gasteiger partial charge in [0.25, 0.3) is 5.56 Å². The molecule has 0 unspecified atom stereocenters. The van der Waals surface area contributed by atoms with E-state index in [-0.39, 0.29) is 17.1 Å². The Hall–Kier alpha value is -3.32. The molecule has 0 spiro atoms. The average Bonchev–Trinajstić information content (AvgIpc) is 3.34. The van der Waals surface area contributed by atoms with Crippen molar-refractivity contribution >= 4 is 10.9 Å². The van der Waals surface area contributed by atoms with Crippen LogP contribution in [0.3, 0.4) is 0 Å². The zero-order chi connectivity index (χ0) is 25.2. The fourth-order valence-corrected chi connectivity index (χ4v) is 4.59. The predicted molar refractivity (Wildman–Crippen MR) is 140 cm³/mol. The van der Waals surface area contributed by atoms with Gasteiger partial charge in [-0.05, 0) is 79.1 Å². The first-order valence-electron chi connectivity index (χ1n) is 12.4. The van der Waals surface area contributed by atoms with E-state index < -0.39 is 0 Å². The number of rotatable bonds is 9. The molecule has 2 heterocycles. The summed E-state index contributed by atoms with van der Waals surface area (Å²) < 4.78 is 1.95. The number of hydrogen-bond donors (Lipinski definition) is 1. The van der Waals surface area contributed by atoms with E-state index in [1.54, 1.807) is 0 Å². The molecule has 0 saturated heterocycles. The van der Waals surface area contributed by atoms with Crippen molar-refractivity contribution in [1.82, 2.24) is 30.1 Å². The number of H-pyrrole nitrogens is 1. The van der Waals surface area contributed by atoms with Gasteiger partial charge in [0, 0.05) is 18.7 Å². The van der Waals surface area contributed by atoms with Crippen molar-refractivity contribution in [3.8, 4) is 0 Å². The van der Waals surface area contributed by atoms with Crippen LogP contribution in [0.4, 0.5) is 0 Å². The van der Waals surface area contributed by atoms with Gasteiger partial charge in [0.1, 0.15) is 0 Å². The largest absolute Gasteiger partial charge is 0.321 e. The number of aromatic amines is 1. The lowest BCUT2D eigenvalue weighted by atomic mass is 10.0. The maximum absolute atomic E-state index is 13.2. The summed E-state index contributed by atoms with van der Waals surface area (Å²) in [7, 11) is 0. The van der Waals surface area contributed by atoms with E-state index in [2.05, 4.69) is 91.2 Å². The van der Waals surface area contributed by atoms with Crippen LogP contribution >= 0.6 is 0 Å². The van der Waals surface area contributed by atoms with Crippen molar-refractivity contribution in [3.05, 3.63) is 87.0 Å². The Morgan fingerprint density at radius 1 is 1.06 bits per heavy atom. The third-order valence-corrected chi connectivity index (χ3v) is 7.29. The fraction of sp³-hybridized carbons (Fsp3) is 0.429. The number of nitrogens with one attached hydrogen (secondary N) is 1. The molecular formula is C28H36N6O. The van der Waals surface area contributed by atoms with Crippen LogP contribution in [0.15, 0.2) is 53.3 Å². The first kappa shape index (κ1) is 24.8. The molecule has 0 fully saturated rings. The van der Waals surface area contributed by atoms with Crippen molar-refractivity contribution in [2.24, 2.45) is 0 Å². The van der Waals surface area contributed by atoms with E-state index in [1.807, 2.05) is 28.9 Å². The summed E-state index contributed by atoms with van der Waals surface area (Å²) in [5.41, 5.74) is 4.86. The molecule has 4 aromatic rings. The van der Waals surface area contributed by atoms with Crippen LogP contribution < -0.4 is 5.56 Å². The number of aryl methyl sites for hydroxylation is 2. The molecule has 35 heavy (non-hydrogen) atoms. The van der Waals surface area contributed by atoms with E-state index >= 15 is 0 Å². The van der Waals surface area contributed by atoms with Gasteiger partial charge in [0.05, 0.1) is 17.1 Å². The summed E-state index contributed by atoms with van der Waals surface area (Å²) in [4.78, 5) is 18.7. The second kappa shape index (κ2) is 10.1. The summed E-state index contributed by atoms with van der Waals surface area (Å²) in [6, 6.07) is 16.5. The van der Waals surface area contributed by atoms with Crippen molar-refractivity contribution in [1.29, 1.82) is 0 Å². The van der Waals surface area contributed by atoms with Gasteiger partial charge < -0.3 is 4.98 Å². The highest BCUT2D eigenvalue weighted by atomic mass is 16.1. The molecule has 184 valence electrons. The monoisotopic (exact) mass is 472 g/mol. The minimum atomic E-state index is -0.208. The molecule has 0 radical (unpaired) electrons. The smallest absolute Gasteiger partial charge is 0.252 e. The summed E-state index contributed by atoms with van der Waals surface area (Å²) in [5.74, 6) is 0.832. The Bertz CT molecular complexity index is 1360. The first-order valence-corrected chi connectivity index (χ1v) is 12.4. The summed E-state index contributed by atoms with van der Waals surface area (Å²) in [6.07, 6.45) is 1.72. The normalized spacial score (nSPS) is 13.0. The number of fused-ring (bicyclic) bond motifs is 1. The average molecular weight is 473 g/mol. The second-order valence-corrected chi connectivity index (χ2v) is 10.0. The van der Waals surface area contributed by atoms with Gasteiger partial charge >= 0.3 is 0 Å². The molecule has 7 nitrogen and oxygen atoms in total. The predicted octanol–water partition coefficient (Wildman–Crippen LogP) is 5.43. The molecule has 0 aliphatic heterocycles. The van der Waals surface area contributed by atoms with E-state index in [9.17, 15) is 4.79 Å². The molecule has 0 aliphatic carbocycles. The Labute approximate surface area is 207 Å². The second-order valence-electron chi connectivity index (χ2n) is 10.0. The van der Waals surface area contributed by atoms with Crippen molar-refractivity contribution in [3.63, 3.8) is 0 Å². The topological polar surface area (TPSA) is 79.7 Å². The van der Waals surface area contributed by atoms with Gasteiger partial charge in [-0.25, -0.2) is 4.68 Å². The Morgan fingerprint density at radius 2 is 1.80 bits per heavy atom. The fourth-order valence-electron chi connectivity index (χ4n) is 4.59. The van der Waals surface area contributed by atoms with Crippen molar-refractivity contribution < 1.29 is 0 Å². The first-order chi connectivity index (χ1) is 16.7. The number of nitrogens with zero attached hydrogens (tertiary/aromatic N) is 5. The zero-order valence-electron chi connectivity index (χ0n) is 21.7. The van der Waals surface area contributed by atoms with Gasteiger partial charge in [-0.1, -0.05) is 56.3 Å². The minimum absolute atomic E-state index is 0.0485. The van der Waals surface area contributed by atoms with Gasteiger partial charge in [-0.3, -0.25) is 9.69 Å². The van der Waals surface area contributed by atoms with Crippen LogP contribution in [-0.4, -0.2) is 30.1 Å². The van der Waals surface area contributed by atoms with Crippen LogP contribution in [0.1, 0.15) is 74.7 Å². The highest BCUT2D eigenvalue weighted by Crippen LogP contribution is 2.30. The van der Waals surface area contributed by atoms with E-state index in [1.165, 1.54) is 11.1 Å². The van der Waals surface area contributed by atoms with Crippen molar-refractivity contribution in [2.45, 2.75) is 79.1 Å². The lowest BCUT2D eigenvalue weighted by molar-refractivity contribution is 0.150. The molecule has 1 N–H and O–H groups in total. The SMILES string of the molecule is CC[C@H](c1nnnn1C(C)(C)CC)N(Cc1ccccc1)Cc1cc2ccc(C)c(C)c2[nH]c1=O. The zero-order valence-corrected chi connectivity index (χ0v) is 21.7. The standard InChI is InChI=1S/C28H36N6O/c1-7-24(26-30-31-32-34(26)28(5,6)8-2)33(17-21-12-10-9-11-13-21)18-23-16-22-15-14-19(3)20(4)25(22)29-27(23)35/h9-16,24H,7-8,17-18H2,1-6H3,(H,29,35)/t24-/m1/s1. The number of hydrogen-bond acceptors (Lipinski definition) is 5. The summed E-state index contributed by atoms with van der Waals surface area (Å²) in [5, 5.41) is 13.9. The molecule has 7 heteroatoms. The molecule has 1 atom stereocenters. The molecule has 0 bridgehead atoms. The Balaban J connectivity index is 1.78. The summed E-state index contributed by atoms with van der Waals surface area (Å²) >= 11 is 0. The summed E-state index contributed by atoms with van der Waals surface area (Å²) in [6.45, 7) is 13.9. The molecule has 2 aromatic heterocycles. The maximum atomic E-state index is 13.2. The number of pyridine rings is 1. The third-order valence-electron chi connectivity index (χ3n) is 7.29. The van der Waals surface area contributed by atoms with Crippen LogP contribution in [-0.2, 0) is 18.6 Å². The van der Waals surface area contributed by atoms with E-state index in [0.717, 1.165) is 40.7 Å². The highest BCUT2D eigenvalue weighted by molar-refractivity contribution is 5.83. The third kappa shape index (κ3) is 5.05. The maximum Gasteiger partial charge on any atom is 0.252 e. The van der Waals surface area contributed by atoms with Crippen LogP contribution in [0.25, 0.3) is 10.9 Å². The quantitative estimate of drug-likeness (QED) is 0.351. The number of aromatic nitrogens is 5. The van der Waals surface area contributed by atoms with E-state index in [0.29, 0.717) is 13.1 Å². The molecular weight excluding hydrogens is 436 g/mol. The highest BCUT2D eigenvalue weighted by Gasteiger charge is 2.31. The van der Waals surface area contributed by atoms with Gasteiger partial charge in [0.2, 0.25) is 0 Å². The molecule has 0 amide bonds.